The van der Waals surface area contributed by atoms with Crippen LogP contribution >= 0.6 is 11.6 Å². The Labute approximate surface area is 144 Å². The largest absolute Gasteiger partial charge is 0.491 e. The van der Waals surface area contributed by atoms with Crippen molar-refractivity contribution in [2.24, 2.45) is 0 Å². The van der Waals surface area contributed by atoms with Crippen LogP contribution in [0.25, 0.3) is 0 Å². The quantitative estimate of drug-likeness (QED) is 0.827. The second-order valence-electron chi connectivity index (χ2n) is 6.28. The van der Waals surface area contributed by atoms with E-state index < -0.39 is 0 Å². The third-order valence-electron chi connectivity index (χ3n) is 4.53. The van der Waals surface area contributed by atoms with E-state index in [1.54, 1.807) is 6.07 Å². The third-order valence-corrected chi connectivity index (χ3v) is 4.84. The zero-order valence-electron chi connectivity index (χ0n) is 14.1. The number of carbonyl (C=O) groups is 1. The molecule has 1 atom stereocenters. The fourth-order valence-electron chi connectivity index (χ4n) is 2.82. The maximum Gasteiger partial charge on any atom is 0.237 e. The van der Waals surface area contributed by atoms with Gasteiger partial charge in [0.15, 0.2) is 0 Å². The number of nitrogens with zero attached hydrogens (tertiary/aromatic N) is 1. The molecular weight excluding hydrogens is 312 g/mol. The van der Waals surface area contributed by atoms with Gasteiger partial charge in [0.1, 0.15) is 12.4 Å². The molecule has 1 fully saturated rings. The van der Waals surface area contributed by atoms with Gasteiger partial charge in [0.2, 0.25) is 5.91 Å². The average Bonchev–Trinajstić information content (AvgIpc) is 2.56. The van der Waals surface area contributed by atoms with E-state index in [0.29, 0.717) is 30.0 Å². The Kier molecular flexibility index (Phi) is 7.18. The van der Waals surface area contributed by atoms with Crippen molar-refractivity contribution in [3.8, 4) is 5.75 Å². The molecule has 5 heteroatoms. The first-order valence-corrected chi connectivity index (χ1v) is 8.83. The van der Waals surface area contributed by atoms with E-state index in [4.69, 9.17) is 16.3 Å². The van der Waals surface area contributed by atoms with Gasteiger partial charge in [-0.1, -0.05) is 43.0 Å². The van der Waals surface area contributed by atoms with Crippen LogP contribution in [-0.4, -0.2) is 43.1 Å². The average molecular weight is 339 g/mol. The maximum absolute atomic E-state index is 12.3. The molecule has 4 nitrogen and oxygen atoms in total. The summed E-state index contributed by atoms with van der Waals surface area (Å²) in [5.41, 5.74) is 0. The standard InChI is InChI=1S/C18H27ClN2O2/c1-14(18(22)20-15-8-4-3-5-9-15)21(2)12-13-23-17-11-7-6-10-16(17)19/h6-7,10-11,14-15H,3-5,8-9,12-13H2,1-2H3,(H,20,22)/t14-/m0/s1. The number of halogens is 1. The Morgan fingerprint density at radius 3 is 2.74 bits per heavy atom. The van der Waals surface area contributed by atoms with Crippen molar-refractivity contribution in [1.82, 2.24) is 10.2 Å². The zero-order valence-corrected chi connectivity index (χ0v) is 14.8. The molecule has 23 heavy (non-hydrogen) atoms. The van der Waals surface area contributed by atoms with E-state index in [1.807, 2.05) is 37.1 Å². The summed E-state index contributed by atoms with van der Waals surface area (Å²) in [5, 5.41) is 3.78. The van der Waals surface area contributed by atoms with E-state index in [2.05, 4.69) is 5.32 Å². The number of ether oxygens (including phenoxy) is 1. The maximum atomic E-state index is 12.3. The van der Waals surface area contributed by atoms with E-state index in [1.165, 1.54) is 19.3 Å². The van der Waals surface area contributed by atoms with Crippen LogP contribution in [0.2, 0.25) is 5.02 Å². The molecule has 1 amide bonds. The summed E-state index contributed by atoms with van der Waals surface area (Å²) in [6.07, 6.45) is 5.96. The number of hydrogen-bond acceptors (Lipinski definition) is 3. The predicted molar refractivity (Wildman–Crippen MR) is 94.1 cm³/mol. The highest BCUT2D eigenvalue weighted by Crippen LogP contribution is 2.23. The molecule has 1 aliphatic rings. The summed E-state index contributed by atoms with van der Waals surface area (Å²) in [6, 6.07) is 7.62. The number of carbonyl (C=O) groups excluding carboxylic acids is 1. The summed E-state index contributed by atoms with van der Waals surface area (Å²) in [6.45, 7) is 3.11. The van der Waals surface area contributed by atoms with Crippen molar-refractivity contribution in [1.29, 1.82) is 0 Å². The van der Waals surface area contributed by atoms with E-state index in [9.17, 15) is 4.79 Å². The summed E-state index contributed by atoms with van der Waals surface area (Å²) in [5.74, 6) is 0.791. The minimum Gasteiger partial charge on any atom is -0.491 e. The van der Waals surface area contributed by atoms with Gasteiger partial charge in [0.25, 0.3) is 0 Å². The van der Waals surface area contributed by atoms with E-state index in [0.717, 1.165) is 12.8 Å². The van der Waals surface area contributed by atoms with E-state index in [-0.39, 0.29) is 11.9 Å². The van der Waals surface area contributed by atoms with Crippen molar-refractivity contribution >= 4 is 17.5 Å². The normalized spacial score (nSPS) is 17.0. The molecule has 1 aromatic rings. The van der Waals surface area contributed by atoms with Crippen molar-refractivity contribution in [3.63, 3.8) is 0 Å². The lowest BCUT2D eigenvalue weighted by Crippen LogP contribution is -2.48. The molecule has 0 spiro atoms. The monoisotopic (exact) mass is 338 g/mol. The Morgan fingerprint density at radius 1 is 1.35 bits per heavy atom. The lowest BCUT2D eigenvalue weighted by Gasteiger charge is -2.28. The van der Waals surface area contributed by atoms with Gasteiger partial charge in [-0.15, -0.1) is 0 Å². The predicted octanol–water partition coefficient (Wildman–Crippen LogP) is 3.49. The summed E-state index contributed by atoms with van der Waals surface area (Å²) in [7, 11) is 1.95. The Bertz CT molecular complexity index is 504. The first-order valence-electron chi connectivity index (χ1n) is 8.46. The minimum atomic E-state index is -0.160. The van der Waals surface area contributed by atoms with Gasteiger partial charge >= 0.3 is 0 Å². The molecule has 0 heterocycles. The van der Waals surface area contributed by atoms with Gasteiger partial charge < -0.3 is 10.1 Å². The van der Waals surface area contributed by atoms with Gasteiger partial charge in [-0.2, -0.15) is 0 Å². The van der Waals surface area contributed by atoms with Crippen LogP contribution in [-0.2, 0) is 4.79 Å². The van der Waals surface area contributed by atoms with Crippen LogP contribution in [0.3, 0.4) is 0 Å². The Morgan fingerprint density at radius 2 is 2.04 bits per heavy atom. The number of para-hydroxylation sites is 1. The Balaban J connectivity index is 1.72. The van der Waals surface area contributed by atoms with Gasteiger partial charge in [-0.25, -0.2) is 0 Å². The highest BCUT2D eigenvalue weighted by molar-refractivity contribution is 6.32. The second-order valence-corrected chi connectivity index (χ2v) is 6.69. The van der Waals surface area contributed by atoms with Gasteiger partial charge in [-0.3, -0.25) is 9.69 Å². The first-order chi connectivity index (χ1) is 11.1. The van der Waals surface area contributed by atoms with Crippen molar-refractivity contribution < 1.29 is 9.53 Å². The number of rotatable bonds is 7. The fourth-order valence-corrected chi connectivity index (χ4v) is 3.01. The van der Waals surface area contributed by atoms with Gasteiger partial charge in [-0.05, 0) is 38.9 Å². The van der Waals surface area contributed by atoms with Crippen LogP contribution < -0.4 is 10.1 Å². The van der Waals surface area contributed by atoms with Gasteiger partial charge in [0.05, 0.1) is 11.1 Å². The van der Waals surface area contributed by atoms with Crippen molar-refractivity contribution in [2.75, 3.05) is 20.2 Å². The summed E-state index contributed by atoms with van der Waals surface area (Å²) >= 11 is 6.06. The molecule has 1 aliphatic carbocycles. The van der Waals surface area contributed by atoms with Crippen molar-refractivity contribution in [3.05, 3.63) is 29.3 Å². The molecule has 0 radical (unpaired) electrons. The molecule has 2 rings (SSSR count). The topological polar surface area (TPSA) is 41.6 Å². The highest BCUT2D eigenvalue weighted by Gasteiger charge is 2.22. The summed E-state index contributed by atoms with van der Waals surface area (Å²) < 4.78 is 5.68. The van der Waals surface area contributed by atoms with E-state index >= 15 is 0 Å². The fraction of sp³-hybridized carbons (Fsp3) is 0.611. The van der Waals surface area contributed by atoms with Crippen LogP contribution in [0.15, 0.2) is 24.3 Å². The number of hydrogen-bond donors (Lipinski definition) is 1. The smallest absolute Gasteiger partial charge is 0.237 e. The molecule has 0 aliphatic heterocycles. The molecule has 0 aromatic heterocycles. The first kappa shape index (κ1) is 18.1. The second kappa shape index (κ2) is 9.14. The SMILES string of the molecule is C[C@@H](C(=O)NC1CCCCC1)N(C)CCOc1ccccc1Cl. The third kappa shape index (κ3) is 5.70. The lowest BCUT2D eigenvalue weighted by molar-refractivity contribution is -0.126. The summed E-state index contributed by atoms with van der Waals surface area (Å²) in [4.78, 5) is 14.3. The highest BCUT2D eigenvalue weighted by atomic mass is 35.5. The molecule has 1 aromatic carbocycles. The molecule has 0 bridgehead atoms. The van der Waals surface area contributed by atoms with Crippen LogP contribution in [0, 0.1) is 0 Å². The minimum absolute atomic E-state index is 0.108. The number of amides is 1. The van der Waals surface area contributed by atoms with Crippen LogP contribution in [0.1, 0.15) is 39.0 Å². The number of likely N-dealkylation sites (N-methyl/N-ethyl adjacent to an activating group) is 1. The zero-order chi connectivity index (χ0) is 16.7. The molecule has 1 saturated carbocycles. The molecule has 128 valence electrons. The van der Waals surface area contributed by atoms with Crippen LogP contribution in [0.5, 0.6) is 5.75 Å². The van der Waals surface area contributed by atoms with Gasteiger partial charge in [0, 0.05) is 12.6 Å². The van der Waals surface area contributed by atoms with Crippen LogP contribution in [0.4, 0.5) is 0 Å². The Hall–Kier alpha value is -1.26. The molecule has 0 unspecified atom stereocenters. The number of benzene rings is 1. The molecular formula is C18H27ClN2O2. The molecule has 1 N–H and O–H groups in total. The van der Waals surface area contributed by atoms with Crippen molar-refractivity contribution in [2.45, 2.75) is 51.1 Å². The lowest BCUT2D eigenvalue weighted by atomic mass is 9.95. The molecule has 0 saturated heterocycles. The number of nitrogens with one attached hydrogen (secondary N) is 1.